The quantitative estimate of drug-likeness (QED) is 0.797. The van der Waals surface area contributed by atoms with Crippen molar-refractivity contribution in [3.63, 3.8) is 0 Å². The minimum absolute atomic E-state index is 0.0439. The third kappa shape index (κ3) is 3.03. The lowest BCUT2D eigenvalue weighted by Gasteiger charge is -2.30. The molecule has 8 heteroatoms. The average Bonchev–Trinajstić information content (AvgIpc) is 3.19. The van der Waals surface area contributed by atoms with Crippen LogP contribution in [0.4, 0.5) is 0 Å². The Labute approximate surface area is 130 Å². The molecular weight excluding hydrogens is 304 g/mol. The number of carbonyl (C=O) groups is 1. The van der Waals surface area contributed by atoms with E-state index in [9.17, 15) is 13.2 Å². The first-order valence-electron chi connectivity index (χ1n) is 7.71. The maximum atomic E-state index is 12.8. The predicted octanol–water partition coefficient (Wildman–Crippen LogP) is 0.298. The minimum atomic E-state index is -3.33. The van der Waals surface area contributed by atoms with Gasteiger partial charge in [0.05, 0.1) is 18.8 Å². The number of likely N-dealkylation sites (tertiary alicyclic amines) is 1. The molecule has 0 bridgehead atoms. The van der Waals surface area contributed by atoms with Crippen LogP contribution in [0.3, 0.4) is 0 Å². The third-order valence-electron chi connectivity index (χ3n) is 4.53. The largest absolute Gasteiger partial charge is 0.336 e. The Balaban J connectivity index is 1.73. The second kappa shape index (κ2) is 6.00. The molecule has 0 radical (unpaired) electrons. The first-order chi connectivity index (χ1) is 10.5. The van der Waals surface area contributed by atoms with Gasteiger partial charge in [0.25, 0.3) is 0 Å². The SMILES string of the molecule is CS(=O)(=O)N1CCC[C@H]1C(=O)N1CCC[C@H]1Cn1cccn1. The highest BCUT2D eigenvalue weighted by molar-refractivity contribution is 7.88. The Bertz CT molecular complexity index is 629. The number of sulfonamides is 1. The van der Waals surface area contributed by atoms with E-state index in [1.54, 1.807) is 6.20 Å². The van der Waals surface area contributed by atoms with Crippen LogP contribution >= 0.6 is 0 Å². The van der Waals surface area contributed by atoms with Crippen molar-refractivity contribution in [2.45, 2.75) is 44.3 Å². The van der Waals surface area contributed by atoms with Crippen LogP contribution < -0.4 is 0 Å². The molecule has 122 valence electrons. The van der Waals surface area contributed by atoms with Crippen molar-refractivity contribution in [1.29, 1.82) is 0 Å². The fourth-order valence-electron chi connectivity index (χ4n) is 3.52. The van der Waals surface area contributed by atoms with E-state index in [1.165, 1.54) is 10.6 Å². The molecule has 3 rings (SSSR count). The van der Waals surface area contributed by atoms with Gasteiger partial charge in [0.1, 0.15) is 6.04 Å². The van der Waals surface area contributed by atoms with Gasteiger partial charge in [-0.25, -0.2) is 8.42 Å². The van der Waals surface area contributed by atoms with Gasteiger partial charge in [0.15, 0.2) is 0 Å². The zero-order valence-corrected chi connectivity index (χ0v) is 13.6. The summed E-state index contributed by atoms with van der Waals surface area (Å²) in [5.74, 6) is -0.0439. The zero-order chi connectivity index (χ0) is 15.7. The van der Waals surface area contributed by atoms with Crippen molar-refractivity contribution in [2.75, 3.05) is 19.3 Å². The molecule has 2 aliphatic rings. The molecule has 0 N–H and O–H groups in total. The molecule has 1 amide bonds. The molecule has 0 saturated carbocycles. The number of hydrogen-bond donors (Lipinski definition) is 0. The van der Waals surface area contributed by atoms with E-state index >= 15 is 0 Å². The lowest BCUT2D eigenvalue weighted by Crippen LogP contribution is -2.49. The Morgan fingerprint density at radius 3 is 2.73 bits per heavy atom. The summed E-state index contributed by atoms with van der Waals surface area (Å²) < 4.78 is 26.9. The highest BCUT2D eigenvalue weighted by Gasteiger charge is 2.41. The maximum absolute atomic E-state index is 12.8. The van der Waals surface area contributed by atoms with E-state index < -0.39 is 16.1 Å². The highest BCUT2D eigenvalue weighted by atomic mass is 32.2. The van der Waals surface area contributed by atoms with E-state index in [4.69, 9.17) is 0 Å². The molecule has 2 saturated heterocycles. The van der Waals surface area contributed by atoms with E-state index in [0.29, 0.717) is 26.1 Å². The fourth-order valence-corrected chi connectivity index (χ4v) is 4.63. The molecule has 2 fully saturated rings. The highest BCUT2D eigenvalue weighted by Crippen LogP contribution is 2.26. The monoisotopic (exact) mass is 326 g/mol. The number of hydrogen-bond acceptors (Lipinski definition) is 4. The van der Waals surface area contributed by atoms with Gasteiger partial charge >= 0.3 is 0 Å². The summed E-state index contributed by atoms with van der Waals surface area (Å²) in [5.41, 5.74) is 0. The van der Waals surface area contributed by atoms with Crippen molar-refractivity contribution in [3.05, 3.63) is 18.5 Å². The lowest BCUT2D eigenvalue weighted by atomic mass is 10.1. The summed E-state index contributed by atoms with van der Waals surface area (Å²) >= 11 is 0. The van der Waals surface area contributed by atoms with Gasteiger partial charge in [-0.2, -0.15) is 9.40 Å². The lowest BCUT2D eigenvalue weighted by molar-refractivity contribution is -0.135. The molecule has 7 nitrogen and oxygen atoms in total. The third-order valence-corrected chi connectivity index (χ3v) is 5.82. The Morgan fingerprint density at radius 2 is 2.05 bits per heavy atom. The molecule has 0 aromatic carbocycles. The zero-order valence-electron chi connectivity index (χ0n) is 12.8. The first kappa shape index (κ1) is 15.5. The van der Waals surface area contributed by atoms with Crippen molar-refractivity contribution in [2.24, 2.45) is 0 Å². The van der Waals surface area contributed by atoms with Crippen LogP contribution in [0.15, 0.2) is 18.5 Å². The summed E-state index contributed by atoms with van der Waals surface area (Å²) in [5, 5.41) is 4.20. The summed E-state index contributed by atoms with van der Waals surface area (Å²) in [6, 6.07) is 1.45. The number of aromatic nitrogens is 2. The molecule has 3 heterocycles. The molecule has 1 aromatic rings. The van der Waals surface area contributed by atoms with E-state index in [1.807, 2.05) is 21.8 Å². The summed E-state index contributed by atoms with van der Waals surface area (Å²) in [4.78, 5) is 14.7. The number of carbonyl (C=O) groups excluding carboxylic acids is 1. The second-order valence-corrected chi connectivity index (χ2v) is 8.02. The van der Waals surface area contributed by atoms with Gasteiger partial charge in [-0.15, -0.1) is 0 Å². The molecule has 0 unspecified atom stereocenters. The van der Waals surface area contributed by atoms with Crippen LogP contribution in [-0.2, 0) is 21.4 Å². The van der Waals surface area contributed by atoms with Crippen LogP contribution in [0.5, 0.6) is 0 Å². The summed E-state index contributed by atoms with van der Waals surface area (Å²) in [7, 11) is -3.33. The van der Waals surface area contributed by atoms with Crippen LogP contribution in [0.2, 0.25) is 0 Å². The van der Waals surface area contributed by atoms with E-state index in [-0.39, 0.29) is 11.9 Å². The van der Waals surface area contributed by atoms with E-state index in [0.717, 1.165) is 19.3 Å². The summed E-state index contributed by atoms with van der Waals surface area (Å²) in [6.45, 7) is 1.83. The molecular formula is C14H22N4O3S. The summed E-state index contributed by atoms with van der Waals surface area (Å²) in [6.07, 6.45) is 8.07. The van der Waals surface area contributed by atoms with Gasteiger partial charge in [0.2, 0.25) is 15.9 Å². The van der Waals surface area contributed by atoms with Gasteiger partial charge in [0, 0.05) is 25.5 Å². The number of rotatable bonds is 4. The van der Waals surface area contributed by atoms with Crippen LogP contribution in [-0.4, -0.2) is 64.7 Å². The Kier molecular flexibility index (Phi) is 4.22. The van der Waals surface area contributed by atoms with Crippen molar-refractivity contribution in [1.82, 2.24) is 19.0 Å². The van der Waals surface area contributed by atoms with Crippen molar-refractivity contribution in [3.8, 4) is 0 Å². The molecule has 22 heavy (non-hydrogen) atoms. The van der Waals surface area contributed by atoms with Crippen LogP contribution in [0.1, 0.15) is 25.7 Å². The topological polar surface area (TPSA) is 75.5 Å². The van der Waals surface area contributed by atoms with Crippen molar-refractivity contribution >= 4 is 15.9 Å². The van der Waals surface area contributed by atoms with Crippen molar-refractivity contribution < 1.29 is 13.2 Å². The van der Waals surface area contributed by atoms with E-state index in [2.05, 4.69) is 5.10 Å². The number of amides is 1. The van der Waals surface area contributed by atoms with Crippen LogP contribution in [0.25, 0.3) is 0 Å². The van der Waals surface area contributed by atoms with Gasteiger partial charge in [-0.3, -0.25) is 9.48 Å². The Morgan fingerprint density at radius 1 is 1.27 bits per heavy atom. The predicted molar refractivity (Wildman–Crippen MR) is 81.5 cm³/mol. The molecule has 1 aromatic heterocycles. The standard InChI is InChI=1S/C14H22N4O3S/c1-22(20,21)18-10-3-6-13(18)14(19)17-9-2-5-12(17)11-16-8-4-7-15-16/h4,7-8,12-13H,2-3,5-6,9-11H2,1H3/t12-,13-/m0/s1. The van der Waals surface area contributed by atoms with Crippen LogP contribution in [0, 0.1) is 0 Å². The second-order valence-electron chi connectivity index (χ2n) is 6.09. The minimum Gasteiger partial charge on any atom is -0.336 e. The molecule has 0 spiro atoms. The molecule has 0 aliphatic carbocycles. The van der Waals surface area contributed by atoms with Gasteiger partial charge in [-0.1, -0.05) is 0 Å². The first-order valence-corrected chi connectivity index (χ1v) is 9.56. The maximum Gasteiger partial charge on any atom is 0.241 e. The Hall–Kier alpha value is -1.41. The van der Waals surface area contributed by atoms with Gasteiger partial charge in [-0.05, 0) is 31.7 Å². The smallest absolute Gasteiger partial charge is 0.241 e. The van der Waals surface area contributed by atoms with Gasteiger partial charge < -0.3 is 4.90 Å². The fraction of sp³-hybridized carbons (Fsp3) is 0.714. The normalized spacial score (nSPS) is 26.7. The molecule has 2 atom stereocenters. The average molecular weight is 326 g/mol. The molecule has 2 aliphatic heterocycles. The number of nitrogens with zero attached hydrogens (tertiary/aromatic N) is 4.